The van der Waals surface area contributed by atoms with Crippen LogP contribution in [-0.2, 0) is 0 Å². The van der Waals surface area contributed by atoms with Gasteiger partial charge in [0.05, 0.1) is 17.1 Å². The van der Waals surface area contributed by atoms with Gasteiger partial charge in [-0.15, -0.1) is 0 Å². The van der Waals surface area contributed by atoms with E-state index in [0.717, 1.165) is 22.6 Å². The van der Waals surface area contributed by atoms with Crippen LogP contribution in [-0.4, -0.2) is 14.9 Å². The largest absolute Gasteiger partial charge is 0.508 e. The van der Waals surface area contributed by atoms with Gasteiger partial charge >= 0.3 is 0 Å². The average molecular weight is 273 g/mol. The minimum atomic E-state index is 0.165. The highest BCUT2D eigenvalue weighted by atomic mass is 16.3. The number of anilines is 1. The second-order valence-electron chi connectivity index (χ2n) is 5.54. The Kier molecular flexibility index (Phi) is 4.02. The molecule has 4 heteroatoms. The van der Waals surface area contributed by atoms with Crippen LogP contribution in [0.2, 0.25) is 0 Å². The maximum Gasteiger partial charge on any atom is 0.115 e. The molecule has 0 amide bonds. The summed E-state index contributed by atoms with van der Waals surface area (Å²) in [7, 11) is 0. The zero-order valence-electron chi connectivity index (χ0n) is 12.8. The summed E-state index contributed by atoms with van der Waals surface area (Å²) >= 11 is 0. The van der Waals surface area contributed by atoms with Crippen molar-refractivity contribution in [3.05, 3.63) is 41.2 Å². The van der Waals surface area contributed by atoms with E-state index >= 15 is 0 Å². The molecule has 1 aromatic carbocycles. The molecule has 2 N–H and O–H groups in total. The Labute approximate surface area is 120 Å². The van der Waals surface area contributed by atoms with E-state index in [1.54, 1.807) is 12.1 Å². The third-order valence-corrected chi connectivity index (χ3v) is 3.57. The number of rotatable bonds is 4. The second-order valence-corrected chi connectivity index (χ2v) is 5.54. The standard InChI is InChI=1S/C16H23N3O/c1-10(2)19-13(5)16(12(4)18-19)17-11(3)14-6-8-15(20)9-7-14/h6-11,17,20H,1-5H3. The third kappa shape index (κ3) is 2.79. The summed E-state index contributed by atoms with van der Waals surface area (Å²) in [6, 6.07) is 7.82. The molecule has 0 aliphatic heterocycles. The van der Waals surface area contributed by atoms with Gasteiger partial charge in [0.2, 0.25) is 0 Å². The molecule has 20 heavy (non-hydrogen) atoms. The van der Waals surface area contributed by atoms with Crippen LogP contribution < -0.4 is 5.32 Å². The number of benzene rings is 1. The van der Waals surface area contributed by atoms with Gasteiger partial charge in [0, 0.05) is 12.1 Å². The van der Waals surface area contributed by atoms with Crippen molar-refractivity contribution in [1.29, 1.82) is 0 Å². The molecular formula is C16H23N3O. The number of nitrogens with one attached hydrogen (secondary N) is 1. The van der Waals surface area contributed by atoms with Crippen molar-refractivity contribution in [2.24, 2.45) is 0 Å². The Morgan fingerprint density at radius 2 is 1.70 bits per heavy atom. The van der Waals surface area contributed by atoms with Gasteiger partial charge in [-0.25, -0.2) is 0 Å². The van der Waals surface area contributed by atoms with Gasteiger partial charge < -0.3 is 10.4 Å². The first-order chi connectivity index (χ1) is 9.40. The zero-order chi connectivity index (χ0) is 14.9. The monoisotopic (exact) mass is 273 g/mol. The van der Waals surface area contributed by atoms with Crippen LogP contribution in [0.4, 0.5) is 5.69 Å². The lowest BCUT2D eigenvalue weighted by Gasteiger charge is -2.16. The minimum Gasteiger partial charge on any atom is -0.508 e. The van der Waals surface area contributed by atoms with Crippen LogP contribution in [0.25, 0.3) is 0 Å². The van der Waals surface area contributed by atoms with E-state index in [4.69, 9.17) is 0 Å². The van der Waals surface area contributed by atoms with Crippen LogP contribution in [0.1, 0.15) is 49.8 Å². The van der Waals surface area contributed by atoms with Gasteiger partial charge in [0.15, 0.2) is 0 Å². The van der Waals surface area contributed by atoms with Crippen LogP contribution in [0.15, 0.2) is 24.3 Å². The topological polar surface area (TPSA) is 50.1 Å². The summed E-state index contributed by atoms with van der Waals surface area (Å²) in [6.07, 6.45) is 0. The number of hydrogen-bond acceptors (Lipinski definition) is 3. The maximum atomic E-state index is 9.35. The number of phenols is 1. The van der Waals surface area contributed by atoms with Crippen molar-refractivity contribution in [1.82, 2.24) is 9.78 Å². The molecule has 0 aliphatic carbocycles. The Hall–Kier alpha value is -1.97. The fraction of sp³-hybridized carbons (Fsp3) is 0.438. The molecule has 0 radical (unpaired) electrons. The maximum absolute atomic E-state index is 9.35. The summed E-state index contributed by atoms with van der Waals surface area (Å²) in [4.78, 5) is 0. The van der Waals surface area contributed by atoms with Gasteiger partial charge in [-0.2, -0.15) is 5.10 Å². The molecule has 0 bridgehead atoms. The minimum absolute atomic E-state index is 0.165. The van der Waals surface area contributed by atoms with Crippen LogP contribution >= 0.6 is 0 Å². The summed E-state index contributed by atoms with van der Waals surface area (Å²) in [5, 5.41) is 17.5. The highest BCUT2D eigenvalue weighted by Gasteiger charge is 2.15. The van der Waals surface area contributed by atoms with Crippen molar-refractivity contribution in [3.63, 3.8) is 0 Å². The first kappa shape index (κ1) is 14.4. The fourth-order valence-electron chi connectivity index (χ4n) is 2.44. The lowest BCUT2D eigenvalue weighted by atomic mass is 10.1. The lowest BCUT2D eigenvalue weighted by Crippen LogP contribution is -2.09. The molecule has 0 saturated heterocycles. The smallest absolute Gasteiger partial charge is 0.115 e. The molecular weight excluding hydrogens is 250 g/mol. The van der Waals surface area contributed by atoms with E-state index in [-0.39, 0.29) is 6.04 Å². The number of aryl methyl sites for hydroxylation is 1. The lowest BCUT2D eigenvalue weighted by molar-refractivity contribution is 0.475. The SMILES string of the molecule is Cc1nn(C(C)C)c(C)c1NC(C)c1ccc(O)cc1. The highest BCUT2D eigenvalue weighted by Crippen LogP contribution is 2.27. The van der Waals surface area contributed by atoms with Crippen molar-refractivity contribution in [2.75, 3.05) is 5.32 Å². The summed E-state index contributed by atoms with van der Waals surface area (Å²) < 4.78 is 2.04. The molecule has 2 aromatic rings. The van der Waals surface area contributed by atoms with Crippen molar-refractivity contribution in [2.45, 2.75) is 46.7 Å². The van der Waals surface area contributed by atoms with Gasteiger partial charge in [-0.05, 0) is 52.3 Å². The predicted octanol–water partition coefficient (Wildman–Crippen LogP) is 3.96. The quantitative estimate of drug-likeness (QED) is 0.886. The van der Waals surface area contributed by atoms with Crippen LogP contribution in [0.5, 0.6) is 5.75 Å². The predicted molar refractivity (Wildman–Crippen MR) is 82.2 cm³/mol. The van der Waals surface area contributed by atoms with Gasteiger partial charge in [0.25, 0.3) is 0 Å². The van der Waals surface area contributed by atoms with Crippen molar-refractivity contribution >= 4 is 5.69 Å². The zero-order valence-corrected chi connectivity index (χ0v) is 12.8. The molecule has 1 unspecified atom stereocenters. The Bertz CT molecular complexity index is 585. The number of phenolic OH excluding ortho intramolecular Hbond substituents is 1. The van der Waals surface area contributed by atoms with E-state index in [2.05, 4.69) is 38.1 Å². The van der Waals surface area contributed by atoms with E-state index in [9.17, 15) is 5.11 Å². The molecule has 0 spiro atoms. The Balaban J connectivity index is 2.23. The Morgan fingerprint density at radius 1 is 1.10 bits per heavy atom. The molecule has 0 saturated carbocycles. The molecule has 1 aromatic heterocycles. The molecule has 2 rings (SSSR count). The van der Waals surface area contributed by atoms with Gasteiger partial charge in [0.1, 0.15) is 5.75 Å². The van der Waals surface area contributed by atoms with Crippen molar-refractivity contribution in [3.8, 4) is 5.75 Å². The van der Waals surface area contributed by atoms with Crippen molar-refractivity contribution < 1.29 is 5.11 Å². The first-order valence-electron chi connectivity index (χ1n) is 7.01. The molecule has 0 fully saturated rings. The first-order valence-corrected chi connectivity index (χ1v) is 7.01. The normalized spacial score (nSPS) is 12.7. The van der Waals surface area contributed by atoms with Gasteiger partial charge in [-0.1, -0.05) is 12.1 Å². The van der Waals surface area contributed by atoms with E-state index in [0.29, 0.717) is 11.8 Å². The highest BCUT2D eigenvalue weighted by molar-refractivity contribution is 5.53. The molecule has 0 aliphatic rings. The molecule has 108 valence electrons. The summed E-state index contributed by atoms with van der Waals surface area (Å²) in [6.45, 7) is 10.5. The summed E-state index contributed by atoms with van der Waals surface area (Å²) in [5.74, 6) is 0.293. The Morgan fingerprint density at radius 3 is 2.20 bits per heavy atom. The number of aromatic nitrogens is 2. The molecule has 4 nitrogen and oxygen atoms in total. The fourth-order valence-corrected chi connectivity index (χ4v) is 2.44. The van der Waals surface area contributed by atoms with Crippen LogP contribution in [0, 0.1) is 13.8 Å². The molecule has 1 heterocycles. The average Bonchev–Trinajstić information content (AvgIpc) is 2.67. The number of aromatic hydroxyl groups is 1. The van der Waals surface area contributed by atoms with Crippen LogP contribution in [0.3, 0.4) is 0 Å². The number of hydrogen-bond donors (Lipinski definition) is 2. The second kappa shape index (κ2) is 5.57. The van der Waals surface area contributed by atoms with E-state index in [1.165, 1.54) is 0 Å². The van der Waals surface area contributed by atoms with Gasteiger partial charge in [-0.3, -0.25) is 4.68 Å². The third-order valence-electron chi connectivity index (χ3n) is 3.57. The summed E-state index contributed by atoms with van der Waals surface area (Å²) in [5.41, 5.74) is 4.41. The van der Waals surface area contributed by atoms with E-state index < -0.39 is 0 Å². The number of nitrogens with zero attached hydrogens (tertiary/aromatic N) is 2. The van der Waals surface area contributed by atoms with E-state index in [1.807, 2.05) is 23.7 Å². The molecule has 1 atom stereocenters.